The molecule has 0 aromatic carbocycles. The van der Waals surface area contributed by atoms with Gasteiger partial charge in [-0.25, -0.2) is 0 Å². The highest BCUT2D eigenvalue weighted by Gasteiger charge is 2.48. The van der Waals surface area contributed by atoms with Gasteiger partial charge in [-0.2, -0.15) is 16.7 Å². The molecule has 0 atom stereocenters. The number of hydrogen-bond acceptors (Lipinski definition) is 5. The summed E-state index contributed by atoms with van der Waals surface area (Å²) in [4.78, 5) is 4.41. The fraction of sp³-hybridized carbons (Fsp3) is 0.800. The van der Waals surface area contributed by atoms with Crippen molar-refractivity contribution in [3.8, 4) is 0 Å². The lowest BCUT2D eigenvalue weighted by Crippen LogP contribution is -2.20. The Hall–Kier alpha value is -0.550. The van der Waals surface area contributed by atoms with Crippen LogP contribution in [0.3, 0.4) is 0 Å². The van der Waals surface area contributed by atoms with Crippen molar-refractivity contribution in [1.82, 2.24) is 10.1 Å². The Morgan fingerprint density at radius 1 is 1.53 bits per heavy atom. The first-order chi connectivity index (χ1) is 7.30. The molecule has 15 heavy (non-hydrogen) atoms. The van der Waals surface area contributed by atoms with Gasteiger partial charge >= 0.3 is 0 Å². The van der Waals surface area contributed by atoms with Gasteiger partial charge in [0.25, 0.3) is 0 Å². The van der Waals surface area contributed by atoms with Crippen LogP contribution in [0.25, 0.3) is 0 Å². The molecule has 1 fully saturated rings. The SMILES string of the molecule is CCCSCc1noc(C2(CN)CC2)n1. The van der Waals surface area contributed by atoms with E-state index in [9.17, 15) is 0 Å². The van der Waals surface area contributed by atoms with E-state index in [4.69, 9.17) is 10.3 Å². The number of aromatic nitrogens is 2. The zero-order valence-electron chi connectivity index (χ0n) is 9.03. The highest BCUT2D eigenvalue weighted by atomic mass is 32.2. The summed E-state index contributed by atoms with van der Waals surface area (Å²) in [6.45, 7) is 2.79. The Balaban J connectivity index is 1.92. The molecule has 2 rings (SSSR count). The van der Waals surface area contributed by atoms with Gasteiger partial charge in [-0.15, -0.1) is 0 Å². The van der Waals surface area contributed by atoms with Gasteiger partial charge in [-0.1, -0.05) is 12.1 Å². The predicted octanol–water partition coefficient (Wildman–Crippen LogP) is 1.70. The smallest absolute Gasteiger partial charge is 0.234 e. The molecule has 0 amide bonds. The van der Waals surface area contributed by atoms with Crippen LogP contribution in [0.2, 0.25) is 0 Å². The largest absolute Gasteiger partial charge is 0.339 e. The zero-order valence-corrected chi connectivity index (χ0v) is 9.85. The molecule has 0 saturated heterocycles. The van der Waals surface area contributed by atoms with Crippen molar-refractivity contribution in [2.45, 2.75) is 37.4 Å². The molecular formula is C10H17N3OS. The van der Waals surface area contributed by atoms with Gasteiger partial charge in [-0.05, 0) is 25.0 Å². The molecule has 1 aromatic heterocycles. The van der Waals surface area contributed by atoms with Gasteiger partial charge in [0.15, 0.2) is 5.82 Å². The van der Waals surface area contributed by atoms with Crippen LogP contribution in [-0.4, -0.2) is 22.4 Å². The summed E-state index contributed by atoms with van der Waals surface area (Å²) in [5, 5.41) is 3.98. The van der Waals surface area contributed by atoms with Crippen LogP contribution < -0.4 is 5.73 Å². The second-order valence-electron chi connectivity index (χ2n) is 4.05. The average molecular weight is 227 g/mol. The van der Waals surface area contributed by atoms with Gasteiger partial charge in [-0.3, -0.25) is 0 Å². The van der Waals surface area contributed by atoms with Gasteiger partial charge in [0.1, 0.15) is 0 Å². The summed E-state index contributed by atoms with van der Waals surface area (Å²) in [6.07, 6.45) is 3.36. The third-order valence-corrected chi connectivity index (χ3v) is 3.90. The molecule has 2 N–H and O–H groups in total. The van der Waals surface area contributed by atoms with Crippen molar-refractivity contribution >= 4 is 11.8 Å². The van der Waals surface area contributed by atoms with E-state index in [0.29, 0.717) is 6.54 Å². The molecule has 0 bridgehead atoms. The summed E-state index contributed by atoms with van der Waals surface area (Å²) in [5.74, 6) is 3.55. The van der Waals surface area contributed by atoms with E-state index >= 15 is 0 Å². The van der Waals surface area contributed by atoms with E-state index in [0.717, 1.165) is 36.1 Å². The van der Waals surface area contributed by atoms with Crippen LogP contribution in [-0.2, 0) is 11.2 Å². The van der Waals surface area contributed by atoms with Crippen molar-refractivity contribution in [2.75, 3.05) is 12.3 Å². The lowest BCUT2D eigenvalue weighted by atomic mass is 10.1. The molecular weight excluding hydrogens is 210 g/mol. The molecule has 1 heterocycles. The number of rotatable bonds is 6. The second kappa shape index (κ2) is 4.53. The minimum Gasteiger partial charge on any atom is -0.339 e. The summed E-state index contributed by atoms with van der Waals surface area (Å²) in [5.41, 5.74) is 5.73. The Bertz CT molecular complexity index is 322. The molecule has 0 radical (unpaired) electrons. The first-order valence-electron chi connectivity index (χ1n) is 5.41. The summed E-state index contributed by atoms with van der Waals surface area (Å²) in [7, 11) is 0. The van der Waals surface area contributed by atoms with Gasteiger partial charge in [0.2, 0.25) is 5.89 Å². The van der Waals surface area contributed by atoms with Crippen LogP contribution in [0.1, 0.15) is 37.9 Å². The lowest BCUT2D eigenvalue weighted by Gasteiger charge is -2.03. The maximum absolute atomic E-state index is 5.70. The zero-order chi connectivity index (χ0) is 10.7. The summed E-state index contributed by atoms with van der Waals surface area (Å²) >= 11 is 1.84. The van der Waals surface area contributed by atoms with Crippen molar-refractivity contribution in [3.63, 3.8) is 0 Å². The van der Waals surface area contributed by atoms with Crippen molar-refractivity contribution in [1.29, 1.82) is 0 Å². The summed E-state index contributed by atoms with van der Waals surface area (Å²) in [6, 6.07) is 0. The van der Waals surface area contributed by atoms with Crippen LogP contribution in [0.15, 0.2) is 4.52 Å². The van der Waals surface area contributed by atoms with Crippen LogP contribution in [0, 0.1) is 0 Å². The Labute approximate surface area is 94.0 Å². The molecule has 1 saturated carbocycles. The van der Waals surface area contributed by atoms with E-state index in [2.05, 4.69) is 17.1 Å². The van der Waals surface area contributed by atoms with Crippen molar-refractivity contribution < 1.29 is 4.52 Å². The predicted molar refractivity (Wildman–Crippen MR) is 60.7 cm³/mol. The molecule has 1 aliphatic carbocycles. The van der Waals surface area contributed by atoms with E-state index in [1.807, 2.05) is 11.8 Å². The molecule has 4 nitrogen and oxygen atoms in total. The third-order valence-electron chi connectivity index (χ3n) is 2.75. The minimum atomic E-state index is 0.0284. The Morgan fingerprint density at radius 3 is 2.93 bits per heavy atom. The lowest BCUT2D eigenvalue weighted by molar-refractivity contribution is 0.344. The van der Waals surface area contributed by atoms with E-state index in [1.165, 1.54) is 6.42 Å². The molecule has 1 aromatic rings. The highest BCUT2D eigenvalue weighted by molar-refractivity contribution is 7.98. The maximum atomic E-state index is 5.70. The number of thioether (sulfide) groups is 1. The number of hydrogen-bond donors (Lipinski definition) is 1. The first kappa shape index (κ1) is 11.0. The molecule has 0 unspecified atom stereocenters. The molecule has 0 spiro atoms. The molecule has 0 aliphatic heterocycles. The maximum Gasteiger partial charge on any atom is 0.234 e. The van der Waals surface area contributed by atoms with Crippen molar-refractivity contribution in [2.24, 2.45) is 5.73 Å². The quantitative estimate of drug-likeness (QED) is 0.749. The number of nitrogens with two attached hydrogens (primary N) is 1. The van der Waals surface area contributed by atoms with E-state index in [-0.39, 0.29) is 5.41 Å². The standard InChI is InChI=1S/C10H17N3OS/c1-2-5-15-6-8-12-9(14-13-8)10(7-11)3-4-10/h2-7,11H2,1H3. The minimum absolute atomic E-state index is 0.0284. The Morgan fingerprint density at radius 2 is 2.33 bits per heavy atom. The molecule has 1 aliphatic rings. The van der Waals surface area contributed by atoms with E-state index in [1.54, 1.807) is 0 Å². The van der Waals surface area contributed by atoms with Crippen molar-refractivity contribution in [3.05, 3.63) is 11.7 Å². The van der Waals surface area contributed by atoms with Gasteiger partial charge in [0, 0.05) is 6.54 Å². The fourth-order valence-electron chi connectivity index (χ4n) is 1.49. The summed E-state index contributed by atoms with van der Waals surface area (Å²) < 4.78 is 5.26. The molecule has 5 heteroatoms. The first-order valence-corrected chi connectivity index (χ1v) is 6.57. The monoisotopic (exact) mass is 227 g/mol. The van der Waals surface area contributed by atoms with Crippen LogP contribution in [0.4, 0.5) is 0 Å². The van der Waals surface area contributed by atoms with Gasteiger partial charge in [0.05, 0.1) is 11.2 Å². The normalized spacial score (nSPS) is 18.0. The number of nitrogens with zero attached hydrogens (tertiary/aromatic N) is 2. The average Bonchev–Trinajstić information content (AvgIpc) is 2.92. The highest BCUT2D eigenvalue weighted by Crippen LogP contribution is 2.46. The second-order valence-corrected chi connectivity index (χ2v) is 5.16. The van der Waals surface area contributed by atoms with Gasteiger partial charge < -0.3 is 10.3 Å². The fourth-order valence-corrected chi connectivity index (χ4v) is 2.22. The van der Waals surface area contributed by atoms with Crippen LogP contribution in [0.5, 0.6) is 0 Å². The van der Waals surface area contributed by atoms with Crippen LogP contribution >= 0.6 is 11.8 Å². The topological polar surface area (TPSA) is 64.9 Å². The Kier molecular flexibility index (Phi) is 3.31. The molecule has 84 valence electrons. The van der Waals surface area contributed by atoms with E-state index < -0.39 is 0 Å². The third kappa shape index (κ3) is 2.34.